The number of hydrogen-bond acceptors (Lipinski definition) is 4. The van der Waals surface area contributed by atoms with Crippen LogP contribution < -0.4 is 31.1 Å². The van der Waals surface area contributed by atoms with E-state index in [2.05, 4.69) is 281 Å². The molecule has 2 aliphatic heterocycles. The van der Waals surface area contributed by atoms with Crippen LogP contribution in [0.15, 0.2) is 170 Å². The Bertz CT molecular complexity index is 3830. The molecule has 79 heavy (non-hydrogen) atoms. The molecule has 4 aliphatic rings. The van der Waals surface area contributed by atoms with Crippen LogP contribution in [0.4, 0.5) is 50.5 Å². The Morgan fingerprint density at radius 3 is 1.46 bits per heavy atom. The van der Waals surface area contributed by atoms with Gasteiger partial charge in [0.2, 0.25) is 0 Å². The van der Waals surface area contributed by atoms with Crippen LogP contribution in [0.25, 0.3) is 21.2 Å². The second-order valence-corrected chi connectivity index (χ2v) is 29.4. The van der Waals surface area contributed by atoms with E-state index in [1.807, 2.05) is 11.3 Å². The third kappa shape index (κ3) is 8.34. The lowest BCUT2D eigenvalue weighted by atomic mass is 9.33. The van der Waals surface area contributed by atoms with Crippen LogP contribution in [-0.4, -0.2) is 6.71 Å². The fourth-order valence-corrected chi connectivity index (χ4v) is 15.3. The molecular formula is C74H78BN3S. The second-order valence-electron chi connectivity index (χ2n) is 28.4. The van der Waals surface area contributed by atoms with Crippen molar-refractivity contribution in [3.8, 4) is 11.1 Å². The summed E-state index contributed by atoms with van der Waals surface area (Å²) in [6.07, 6.45) is 4.63. The number of rotatable bonds is 6. The summed E-state index contributed by atoms with van der Waals surface area (Å²) in [6.45, 7) is 33.9. The lowest BCUT2D eigenvalue weighted by molar-refractivity contribution is 0.332. The van der Waals surface area contributed by atoms with Crippen LogP contribution in [0.5, 0.6) is 0 Å². The fourth-order valence-electron chi connectivity index (χ4n) is 14.0. The number of hydrogen-bond donors (Lipinski definition) is 0. The Kier molecular flexibility index (Phi) is 11.7. The molecule has 9 aromatic rings. The molecule has 0 saturated heterocycles. The molecule has 0 amide bonds. The average molecular weight is 1050 g/mol. The highest BCUT2D eigenvalue weighted by atomic mass is 32.1. The molecule has 0 atom stereocenters. The van der Waals surface area contributed by atoms with E-state index < -0.39 is 0 Å². The zero-order valence-electron chi connectivity index (χ0n) is 49.3. The first-order valence-corrected chi connectivity index (χ1v) is 30.0. The Morgan fingerprint density at radius 1 is 0.430 bits per heavy atom. The molecule has 0 bridgehead atoms. The van der Waals surface area contributed by atoms with Gasteiger partial charge in [0.05, 0.1) is 16.4 Å². The van der Waals surface area contributed by atoms with Crippen molar-refractivity contribution in [2.24, 2.45) is 0 Å². The van der Waals surface area contributed by atoms with Gasteiger partial charge in [-0.15, -0.1) is 11.3 Å². The van der Waals surface area contributed by atoms with Crippen LogP contribution in [0.2, 0.25) is 0 Å². The van der Waals surface area contributed by atoms with Gasteiger partial charge in [0.1, 0.15) is 0 Å². The summed E-state index contributed by atoms with van der Waals surface area (Å²) >= 11 is 2.01. The standard InChI is InChI=1S/C74H78BN3S/c1-69(2,3)48-30-33-52(34-31-48)77-63-41-53(76(50-26-20-16-21-27-50)51-28-22-17-23-29-51)42-64-67(63)75(66-55-43-56-59(46-65(55)79-68(66)77)74(13,14)39-36-71(56,7)8)60-44-57-58(73(11,12)38-37-72(57,9)10)45-62(60)78(64)61-35-32-49(70(4,5)6)40-54(61)47-24-18-15-19-25-47/h15-35,40-46H,36-39H2,1-14H3. The first-order valence-electron chi connectivity index (χ1n) is 29.2. The molecule has 2 aliphatic carbocycles. The summed E-state index contributed by atoms with van der Waals surface area (Å²) in [4.78, 5) is 7.89. The average Bonchev–Trinajstić information content (AvgIpc) is 3.29. The smallest absolute Gasteiger partial charge is 0.254 e. The van der Waals surface area contributed by atoms with E-state index in [-0.39, 0.29) is 39.2 Å². The molecule has 3 nitrogen and oxygen atoms in total. The molecule has 0 N–H and O–H groups in total. The lowest BCUT2D eigenvalue weighted by Gasteiger charge is -2.47. The number of benzene rings is 8. The second kappa shape index (κ2) is 17.8. The van der Waals surface area contributed by atoms with Crippen molar-refractivity contribution in [1.82, 2.24) is 0 Å². The van der Waals surface area contributed by atoms with Gasteiger partial charge in [0, 0.05) is 44.4 Å². The highest BCUT2D eigenvalue weighted by Gasteiger charge is 2.49. The molecule has 0 fully saturated rings. The number of fused-ring (bicyclic) bond motifs is 8. The molecule has 0 unspecified atom stereocenters. The Morgan fingerprint density at radius 2 is 0.911 bits per heavy atom. The minimum absolute atomic E-state index is 0.00260. The fraction of sp³-hybridized carbons (Fsp3) is 0.324. The SMILES string of the molecule is CC(C)(C)c1ccc(N2c3cc(N(c4ccccc4)c4ccccc4)cc4c3B(c3cc5c(cc3N4c3ccc(C(C)(C)C)cc3-c3ccccc3)C(C)(C)CCC5(C)C)c3c2sc2cc4c(cc32)C(C)(C)CCC4(C)C)cc1. The minimum atomic E-state index is -0.0605. The largest absolute Gasteiger partial charge is 0.311 e. The minimum Gasteiger partial charge on any atom is -0.311 e. The molecule has 0 spiro atoms. The number of anilines is 9. The quantitative estimate of drug-likeness (QED) is 0.154. The van der Waals surface area contributed by atoms with Crippen LogP contribution in [0, 0.1) is 0 Å². The van der Waals surface area contributed by atoms with Gasteiger partial charge in [0.25, 0.3) is 6.71 Å². The third-order valence-electron chi connectivity index (χ3n) is 19.1. The zero-order valence-corrected chi connectivity index (χ0v) is 50.1. The topological polar surface area (TPSA) is 9.72 Å². The highest BCUT2D eigenvalue weighted by molar-refractivity contribution is 7.26. The molecule has 1 aromatic heterocycles. The Balaban J connectivity index is 1.23. The maximum Gasteiger partial charge on any atom is 0.254 e. The zero-order chi connectivity index (χ0) is 55.3. The van der Waals surface area contributed by atoms with Crippen LogP contribution in [0.3, 0.4) is 0 Å². The molecule has 8 aromatic carbocycles. The van der Waals surface area contributed by atoms with E-state index in [0.29, 0.717) is 0 Å². The molecule has 5 heteroatoms. The van der Waals surface area contributed by atoms with Crippen LogP contribution in [-0.2, 0) is 32.5 Å². The first kappa shape index (κ1) is 51.6. The predicted molar refractivity (Wildman–Crippen MR) is 344 cm³/mol. The maximum atomic E-state index is 2.73. The predicted octanol–water partition coefficient (Wildman–Crippen LogP) is 19.4. The molecule has 398 valence electrons. The monoisotopic (exact) mass is 1050 g/mol. The summed E-state index contributed by atoms with van der Waals surface area (Å²) in [6, 6.07) is 66.0. The van der Waals surface area contributed by atoms with E-state index in [0.717, 1.165) is 29.9 Å². The van der Waals surface area contributed by atoms with Crippen molar-refractivity contribution < 1.29 is 0 Å². The summed E-state index contributed by atoms with van der Waals surface area (Å²) in [7, 11) is 0. The van der Waals surface area contributed by atoms with Gasteiger partial charge in [-0.2, -0.15) is 0 Å². The van der Waals surface area contributed by atoms with Crippen LogP contribution in [0.1, 0.15) is 156 Å². The van der Waals surface area contributed by atoms with E-state index in [1.165, 1.54) is 117 Å². The van der Waals surface area contributed by atoms with Crippen molar-refractivity contribution in [2.75, 3.05) is 14.7 Å². The Labute approximate surface area is 476 Å². The maximum absolute atomic E-state index is 2.73. The van der Waals surface area contributed by atoms with Gasteiger partial charge < -0.3 is 14.7 Å². The summed E-state index contributed by atoms with van der Waals surface area (Å²) in [5, 5.41) is 2.72. The molecule has 3 heterocycles. The first-order chi connectivity index (χ1) is 37.4. The number of para-hydroxylation sites is 2. The summed E-state index contributed by atoms with van der Waals surface area (Å²) in [5.74, 6) is 0. The van der Waals surface area contributed by atoms with Gasteiger partial charge in [0.15, 0.2) is 0 Å². The summed E-state index contributed by atoms with van der Waals surface area (Å²) in [5.41, 5.74) is 24.8. The van der Waals surface area contributed by atoms with E-state index >= 15 is 0 Å². The van der Waals surface area contributed by atoms with Crippen molar-refractivity contribution in [2.45, 2.75) is 155 Å². The highest BCUT2D eigenvalue weighted by Crippen LogP contribution is 2.56. The van der Waals surface area contributed by atoms with Gasteiger partial charge in [-0.3, -0.25) is 0 Å². The molecule has 13 rings (SSSR count). The van der Waals surface area contributed by atoms with Gasteiger partial charge >= 0.3 is 0 Å². The van der Waals surface area contributed by atoms with E-state index in [1.54, 1.807) is 0 Å². The molecular weight excluding hydrogens is 974 g/mol. The van der Waals surface area contributed by atoms with Crippen molar-refractivity contribution in [1.29, 1.82) is 0 Å². The van der Waals surface area contributed by atoms with E-state index in [9.17, 15) is 0 Å². The molecule has 0 radical (unpaired) electrons. The Hall–Kier alpha value is -6.82. The van der Waals surface area contributed by atoms with Crippen molar-refractivity contribution >= 4 is 95.0 Å². The molecule has 0 saturated carbocycles. The normalized spacial score (nSPS) is 17.4. The lowest BCUT2D eigenvalue weighted by Crippen LogP contribution is -2.61. The third-order valence-corrected chi connectivity index (χ3v) is 20.2. The van der Waals surface area contributed by atoms with Crippen molar-refractivity contribution in [3.63, 3.8) is 0 Å². The van der Waals surface area contributed by atoms with Crippen LogP contribution >= 0.6 is 11.3 Å². The van der Waals surface area contributed by atoms with Crippen molar-refractivity contribution in [3.05, 3.63) is 203 Å². The van der Waals surface area contributed by atoms with Gasteiger partial charge in [-0.05, 0) is 198 Å². The number of thiophene rings is 1. The van der Waals surface area contributed by atoms with Gasteiger partial charge in [-0.1, -0.05) is 188 Å². The van der Waals surface area contributed by atoms with E-state index in [4.69, 9.17) is 0 Å². The van der Waals surface area contributed by atoms with Gasteiger partial charge in [-0.25, -0.2) is 0 Å². The summed E-state index contributed by atoms with van der Waals surface area (Å²) < 4.78 is 1.38. The number of nitrogens with zero attached hydrogens (tertiary/aromatic N) is 3.